The third-order valence-electron chi connectivity index (χ3n) is 4.64. The van der Waals surface area contributed by atoms with E-state index >= 15 is 0 Å². The normalized spacial score (nSPS) is 15.4. The maximum Gasteiger partial charge on any atom is 0.258 e. The van der Waals surface area contributed by atoms with Crippen LogP contribution in [0.1, 0.15) is 34.7 Å². The van der Waals surface area contributed by atoms with Gasteiger partial charge in [-0.05, 0) is 61.0 Å². The minimum Gasteiger partial charge on any atom is -0.494 e. The van der Waals surface area contributed by atoms with Gasteiger partial charge >= 0.3 is 0 Å². The maximum absolute atomic E-state index is 13.2. The Kier molecular flexibility index (Phi) is 4.93. The Morgan fingerprint density at radius 2 is 1.86 bits per heavy atom. The zero-order valence-electron chi connectivity index (χ0n) is 15.4. The molecule has 142 valence electrons. The number of hydrogen-bond acceptors (Lipinski definition) is 4. The summed E-state index contributed by atoms with van der Waals surface area (Å²) in [5.74, 6) is 0.388. The Labute approximate surface area is 162 Å². The number of nitrogens with one attached hydrogen (secondary N) is 1. The Hall–Kier alpha value is -3.41. The number of aromatic nitrogens is 1. The first-order chi connectivity index (χ1) is 13.7. The van der Waals surface area contributed by atoms with Crippen molar-refractivity contribution in [3.05, 3.63) is 89.5 Å². The molecule has 1 amide bonds. The minimum absolute atomic E-state index is 0.101. The second-order valence-corrected chi connectivity index (χ2v) is 6.50. The lowest BCUT2D eigenvalue weighted by atomic mass is 10.2. The van der Waals surface area contributed by atoms with E-state index in [0.717, 1.165) is 17.0 Å². The van der Waals surface area contributed by atoms with Crippen LogP contribution < -0.4 is 10.1 Å². The number of carbonyl (C=O) groups is 1. The van der Waals surface area contributed by atoms with Crippen LogP contribution in [-0.4, -0.2) is 22.4 Å². The SMILES string of the molecule is CCOc1ccc(NC2c3ncccc3C(=O)N2Cc2ccc(F)cc2)cc1. The lowest BCUT2D eigenvalue weighted by Crippen LogP contribution is -2.32. The largest absolute Gasteiger partial charge is 0.494 e. The molecule has 0 bridgehead atoms. The fourth-order valence-electron chi connectivity index (χ4n) is 3.30. The average Bonchev–Trinajstić information content (AvgIpc) is 2.97. The number of halogens is 1. The van der Waals surface area contributed by atoms with E-state index in [9.17, 15) is 9.18 Å². The van der Waals surface area contributed by atoms with Gasteiger partial charge in [0, 0.05) is 18.4 Å². The van der Waals surface area contributed by atoms with Crippen LogP contribution >= 0.6 is 0 Å². The molecule has 1 aliphatic heterocycles. The third kappa shape index (κ3) is 3.53. The van der Waals surface area contributed by atoms with Gasteiger partial charge in [-0.25, -0.2) is 4.39 Å². The Bertz CT molecular complexity index is 974. The van der Waals surface area contributed by atoms with E-state index in [1.54, 1.807) is 35.4 Å². The molecule has 4 rings (SSSR count). The van der Waals surface area contributed by atoms with Gasteiger partial charge in [0.25, 0.3) is 5.91 Å². The molecule has 2 aromatic carbocycles. The summed E-state index contributed by atoms with van der Waals surface area (Å²) < 4.78 is 18.7. The van der Waals surface area contributed by atoms with Crippen molar-refractivity contribution in [2.24, 2.45) is 0 Å². The molecular formula is C22H20FN3O2. The Balaban J connectivity index is 1.62. The minimum atomic E-state index is -0.410. The molecule has 1 aliphatic rings. The van der Waals surface area contributed by atoms with Gasteiger partial charge < -0.3 is 15.0 Å². The topological polar surface area (TPSA) is 54.5 Å². The predicted molar refractivity (Wildman–Crippen MR) is 104 cm³/mol. The van der Waals surface area contributed by atoms with Crippen molar-refractivity contribution in [3.63, 3.8) is 0 Å². The number of benzene rings is 2. The van der Waals surface area contributed by atoms with Gasteiger partial charge in [0.2, 0.25) is 0 Å². The van der Waals surface area contributed by atoms with Gasteiger partial charge in [-0.2, -0.15) is 0 Å². The van der Waals surface area contributed by atoms with E-state index in [1.165, 1.54) is 12.1 Å². The molecule has 5 nitrogen and oxygen atoms in total. The maximum atomic E-state index is 13.2. The number of rotatable bonds is 6. The van der Waals surface area contributed by atoms with Crippen molar-refractivity contribution in [1.29, 1.82) is 0 Å². The molecule has 0 saturated heterocycles. The molecule has 1 N–H and O–H groups in total. The van der Waals surface area contributed by atoms with Crippen molar-refractivity contribution in [1.82, 2.24) is 9.88 Å². The van der Waals surface area contributed by atoms with Crippen LogP contribution in [0.4, 0.5) is 10.1 Å². The van der Waals surface area contributed by atoms with E-state index < -0.39 is 6.17 Å². The predicted octanol–water partition coefficient (Wildman–Crippen LogP) is 4.39. The molecule has 1 atom stereocenters. The Morgan fingerprint density at radius 3 is 2.57 bits per heavy atom. The monoisotopic (exact) mass is 377 g/mol. The van der Waals surface area contributed by atoms with Crippen LogP contribution in [0.25, 0.3) is 0 Å². The molecule has 0 aliphatic carbocycles. The first kappa shape index (κ1) is 18.0. The quantitative estimate of drug-likeness (QED) is 0.692. The van der Waals surface area contributed by atoms with Gasteiger partial charge in [0.1, 0.15) is 17.7 Å². The highest BCUT2D eigenvalue weighted by Gasteiger charge is 2.37. The first-order valence-electron chi connectivity index (χ1n) is 9.15. The van der Waals surface area contributed by atoms with Crippen molar-refractivity contribution >= 4 is 11.6 Å². The van der Waals surface area contributed by atoms with Gasteiger partial charge in [-0.1, -0.05) is 12.1 Å². The molecule has 0 radical (unpaired) electrons. The highest BCUT2D eigenvalue weighted by Crippen LogP contribution is 2.34. The number of ether oxygens (including phenoxy) is 1. The van der Waals surface area contributed by atoms with E-state index in [1.807, 2.05) is 31.2 Å². The molecule has 2 heterocycles. The summed E-state index contributed by atoms with van der Waals surface area (Å²) >= 11 is 0. The molecular weight excluding hydrogens is 357 g/mol. The second kappa shape index (κ2) is 7.68. The van der Waals surface area contributed by atoms with E-state index in [2.05, 4.69) is 10.3 Å². The summed E-state index contributed by atoms with van der Waals surface area (Å²) in [6, 6.07) is 17.3. The summed E-state index contributed by atoms with van der Waals surface area (Å²) in [6.45, 7) is 2.89. The molecule has 28 heavy (non-hydrogen) atoms. The van der Waals surface area contributed by atoms with Crippen LogP contribution in [0.15, 0.2) is 66.9 Å². The summed E-state index contributed by atoms with van der Waals surface area (Å²) in [5, 5.41) is 3.39. The van der Waals surface area contributed by atoms with E-state index in [-0.39, 0.29) is 11.7 Å². The fraction of sp³-hybridized carbons (Fsp3) is 0.182. The highest BCUT2D eigenvalue weighted by molar-refractivity contribution is 5.98. The zero-order chi connectivity index (χ0) is 19.5. The first-order valence-corrected chi connectivity index (χ1v) is 9.15. The van der Waals surface area contributed by atoms with E-state index in [0.29, 0.717) is 24.4 Å². The van der Waals surface area contributed by atoms with E-state index in [4.69, 9.17) is 4.74 Å². The number of amides is 1. The second-order valence-electron chi connectivity index (χ2n) is 6.50. The van der Waals surface area contributed by atoms with Crippen LogP contribution in [-0.2, 0) is 6.54 Å². The molecule has 1 unspecified atom stereocenters. The number of nitrogens with zero attached hydrogens (tertiary/aromatic N) is 2. The fourth-order valence-corrected chi connectivity index (χ4v) is 3.30. The van der Waals surface area contributed by atoms with Crippen molar-refractivity contribution < 1.29 is 13.9 Å². The molecule has 1 aromatic heterocycles. The standard InChI is InChI=1S/C22H20FN3O2/c1-2-28-18-11-9-17(10-12-18)25-21-20-19(4-3-13-24-20)22(27)26(21)14-15-5-7-16(23)8-6-15/h3-13,21,25H,2,14H2,1H3. The smallest absolute Gasteiger partial charge is 0.258 e. The van der Waals surface area contributed by atoms with Gasteiger partial charge in [-0.3, -0.25) is 9.78 Å². The number of hydrogen-bond donors (Lipinski definition) is 1. The molecule has 3 aromatic rings. The van der Waals surface area contributed by atoms with Crippen LogP contribution in [0.2, 0.25) is 0 Å². The highest BCUT2D eigenvalue weighted by atomic mass is 19.1. The van der Waals surface area contributed by atoms with Gasteiger partial charge in [0.05, 0.1) is 17.9 Å². The number of pyridine rings is 1. The summed E-state index contributed by atoms with van der Waals surface area (Å²) in [6.07, 6.45) is 1.27. The zero-order valence-corrected chi connectivity index (χ0v) is 15.4. The number of carbonyl (C=O) groups excluding carboxylic acids is 1. The number of anilines is 1. The van der Waals surface area contributed by atoms with Gasteiger partial charge in [-0.15, -0.1) is 0 Å². The average molecular weight is 377 g/mol. The third-order valence-corrected chi connectivity index (χ3v) is 4.64. The summed E-state index contributed by atoms with van der Waals surface area (Å²) in [4.78, 5) is 19.1. The van der Waals surface area contributed by atoms with Gasteiger partial charge in [0.15, 0.2) is 0 Å². The molecule has 0 fully saturated rings. The van der Waals surface area contributed by atoms with Crippen LogP contribution in [0, 0.1) is 5.82 Å². The van der Waals surface area contributed by atoms with Crippen molar-refractivity contribution in [3.8, 4) is 5.75 Å². The van der Waals surface area contributed by atoms with Crippen LogP contribution in [0.3, 0.4) is 0 Å². The molecule has 6 heteroatoms. The lowest BCUT2D eigenvalue weighted by Gasteiger charge is -2.26. The molecule has 0 spiro atoms. The van der Waals surface area contributed by atoms with Crippen molar-refractivity contribution in [2.75, 3.05) is 11.9 Å². The Morgan fingerprint density at radius 1 is 1.11 bits per heavy atom. The van der Waals surface area contributed by atoms with Crippen LogP contribution in [0.5, 0.6) is 5.75 Å². The lowest BCUT2D eigenvalue weighted by molar-refractivity contribution is 0.0727. The summed E-state index contributed by atoms with van der Waals surface area (Å²) in [5.41, 5.74) is 2.96. The number of fused-ring (bicyclic) bond motifs is 1. The van der Waals surface area contributed by atoms with Crippen molar-refractivity contribution in [2.45, 2.75) is 19.6 Å². The summed E-state index contributed by atoms with van der Waals surface area (Å²) in [7, 11) is 0. The molecule has 0 saturated carbocycles.